The van der Waals surface area contributed by atoms with Gasteiger partial charge in [0.2, 0.25) is 0 Å². The van der Waals surface area contributed by atoms with Gasteiger partial charge in [-0.2, -0.15) is 0 Å². The maximum atomic E-state index is 11.5. The van der Waals surface area contributed by atoms with Crippen LogP contribution in [0.2, 0.25) is 0 Å². The van der Waals surface area contributed by atoms with Crippen molar-refractivity contribution in [2.75, 3.05) is 0 Å². The minimum Gasteiger partial charge on any atom is -0.459 e. The van der Waals surface area contributed by atoms with Crippen LogP contribution in [0.1, 0.15) is 16.1 Å². The summed E-state index contributed by atoms with van der Waals surface area (Å²) in [6.45, 7) is 0. The van der Waals surface area contributed by atoms with Crippen molar-refractivity contribution >= 4 is 23.6 Å². The van der Waals surface area contributed by atoms with E-state index in [1.165, 1.54) is 48.7 Å². The second-order valence-corrected chi connectivity index (χ2v) is 4.10. The second-order valence-electron chi connectivity index (χ2n) is 4.10. The fourth-order valence-electron chi connectivity index (χ4n) is 1.51. The third kappa shape index (κ3) is 4.04. The lowest BCUT2D eigenvalue weighted by atomic mass is 10.2. The van der Waals surface area contributed by atoms with E-state index in [4.69, 9.17) is 4.42 Å². The van der Waals surface area contributed by atoms with Gasteiger partial charge in [-0.15, -0.1) is 0 Å². The van der Waals surface area contributed by atoms with Crippen molar-refractivity contribution in [2.45, 2.75) is 0 Å². The quantitative estimate of drug-likeness (QED) is 0.506. The summed E-state index contributed by atoms with van der Waals surface area (Å²) < 4.78 is 4.85. The van der Waals surface area contributed by atoms with Crippen molar-refractivity contribution in [3.63, 3.8) is 0 Å². The molecule has 0 saturated carbocycles. The van der Waals surface area contributed by atoms with Crippen molar-refractivity contribution in [1.82, 2.24) is 10.9 Å². The predicted octanol–water partition coefficient (Wildman–Crippen LogP) is 1.66. The Morgan fingerprint density at radius 1 is 1.14 bits per heavy atom. The van der Waals surface area contributed by atoms with E-state index in [0.717, 1.165) is 0 Å². The van der Waals surface area contributed by atoms with E-state index in [1.54, 1.807) is 6.07 Å². The van der Waals surface area contributed by atoms with E-state index in [1.807, 2.05) is 0 Å². The highest BCUT2D eigenvalue weighted by atomic mass is 16.6. The van der Waals surface area contributed by atoms with Gasteiger partial charge in [0.25, 0.3) is 11.6 Å². The summed E-state index contributed by atoms with van der Waals surface area (Å²) in [5.74, 6) is -1.07. The van der Waals surface area contributed by atoms with Crippen LogP contribution in [-0.4, -0.2) is 16.7 Å². The molecule has 0 unspecified atom stereocenters. The van der Waals surface area contributed by atoms with Gasteiger partial charge >= 0.3 is 5.91 Å². The smallest absolute Gasteiger partial charge is 0.305 e. The molecule has 0 radical (unpaired) electrons. The normalized spacial score (nSPS) is 10.4. The van der Waals surface area contributed by atoms with Gasteiger partial charge in [0, 0.05) is 18.2 Å². The minimum atomic E-state index is -0.581. The van der Waals surface area contributed by atoms with E-state index in [0.29, 0.717) is 5.56 Å². The lowest BCUT2D eigenvalue weighted by Gasteiger charge is -2.02. The molecule has 8 heteroatoms. The molecule has 0 aliphatic rings. The Bertz CT molecular complexity index is 705. The zero-order valence-corrected chi connectivity index (χ0v) is 11.2. The van der Waals surface area contributed by atoms with E-state index < -0.39 is 16.7 Å². The third-order valence-electron chi connectivity index (χ3n) is 2.58. The first-order valence-corrected chi connectivity index (χ1v) is 6.12. The number of rotatable bonds is 4. The summed E-state index contributed by atoms with van der Waals surface area (Å²) in [4.78, 5) is 33.0. The molecule has 2 rings (SSSR count). The third-order valence-corrected chi connectivity index (χ3v) is 2.58. The Morgan fingerprint density at radius 2 is 1.86 bits per heavy atom. The van der Waals surface area contributed by atoms with Crippen LogP contribution in [0.15, 0.2) is 53.2 Å². The summed E-state index contributed by atoms with van der Waals surface area (Å²) in [5.41, 5.74) is 4.92. The molecule has 0 fully saturated rings. The van der Waals surface area contributed by atoms with Gasteiger partial charge in [-0.3, -0.25) is 30.6 Å². The highest BCUT2D eigenvalue weighted by Crippen LogP contribution is 2.12. The summed E-state index contributed by atoms with van der Waals surface area (Å²) >= 11 is 0. The number of nitro benzene ring substituents is 1. The average Bonchev–Trinajstić information content (AvgIpc) is 3.05. The number of benzene rings is 1. The van der Waals surface area contributed by atoms with Gasteiger partial charge in [0.1, 0.15) is 0 Å². The standard InChI is InChI=1S/C14H11N3O5/c18-13(15-16-14(19)12-2-1-9-22-12)8-5-10-3-6-11(7-4-10)17(20)21/h1-9H,(H,15,18)(H,16,19)/b8-5+. The molecule has 0 atom stereocenters. The van der Waals surface area contributed by atoms with E-state index in [9.17, 15) is 19.7 Å². The van der Waals surface area contributed by atoms with E-state index in [-0.39, 0.29) is 11.4 Å². The number of non-ortho nitro benzene ring substituents is 1. The van der Waals surface area contributed by atoms with Crippen LogP contribution in [0.25, 0.3) is 6.08 Å². The van der Waals surface area contributed by atoms with Crippen LogP contribution >= 0.6 is 0 Å². The lowest BCUT2D eigenvalue weighted by Crippen LogP contribution is -2.40. The highest BCUT2D eigenvalue weighted by molar-refractivity contribution is 5.96. The molecule has 22 heavy (non-hydrogen) atoms. The second kappa shape index (κ2) is 6.84. The molecule has 0 aliphatic heterocycles. The maximum absolute atomic E-state index is 11.5. The molecular weight excluding hydrogens is 290 g/mol. The Morgan fingerprint density at radius 3 is 2.45 bits per heavy atom. The fraction of sp³-hybridized carbons (Fsp3) is 0. The van der Waals surface area contributed by atoms with Crippen molar-refractivity contribution in [2.24, 2.45) is 0 Å². The number of nitro groups is 1. The minimum absolute atomic E-state index is 0.0349. The maximum Gasteiger partial charge on any atom is 0.305 e. The molecule has 1 aromatic heterocycles. The number of amides is 2. The topological polar surface area (TPSA) is 114 Å². The monoisotopic (exact) mass is 301 g/mol. The zero-order chi connectivity index (χ0) is 15.9. The van der Waals surface area contributed by atoms with Crippen molar-refractivity contribution in [1.29, 1.82) is 0 Å². The molecule has 2 amide bonds. The largest absolute Gasteiger partial charge is 0.459 e. The molecule has 0 bridgehead atoms. The molecule has 1 heterocycles. The van der Waals surface area contributed by atoms with Gasteiger partial charge in [0.05, 0.1) is 11.2 Å². The number of hydrogen-bond acceptors (Lipinski definition) is 5. The van der Waals surface area contributed by atoms with Gasteiger partial charge in [0.15, 0.2) is 5.76 Å². The number of furan rings is 1. The Kier molecular flexibility index (Phi) is 4.66. The summed E-state index contributed by atoms with van der Waals surface area (Å²) in [5, 5.41) is 10.5. The first kappa shape index (κ1) is 15.0. The molecule has 8 nitrogen and oxygen atoms in total. The van der Waals surface area contributed by atoms with Crippen LogP contribution in [-0.2, 0) is 4.79 Å². The van der Waals surface area contributed by atoms with E-state index in [2.05, 4.69) is 10.9 Å². The molecule has 112 valence electrons. The predicted molar refractivity (Wildman–Crippen MR) is 76.4 cm³/mol. The number of hydrogen-bond donors (Lipinski definition) is 2. The van der Waals surface area contributed by atoms with E-state index >= 15 is 0 Å². The molecule has 2 N–H and O–H groups in total. The zero-order valence-electron chi connectivity index (χ0n) is 11.2. The summed E-state index contributed by atoms with van der Waals surface area (Å²) in [6, 6.07) is 8.67. The first-order valence-electron chi connectivity index (χ1n) is 6.12. The number of carbonyl (C=O) groups excluding carboxylic acids is 2. The van der Waals surface area contributed by atoms with Crippen LogP contribution in [0, 0.1) is 10.1 Å². The van der Waals surface area contributed by atoms with Crippen LogP contribution in [0.4, 0.5) is 5.69 Å². The van der Waals surface area contributed by atoms with Crippen molar-refractivity contribution < 1.29 is 18.9 Å². The van der Waals surface area contributed by atoms with Crippen LogP contribution in [0.5, 0.6) is 0 Å². The van der Waals surface area contributed by atoms with Gasteiger partial charge in [-0.25, -0.2) is 0 Å². The van der Waals surface area contributed by atoms with Gasteiger partial charge in [-0.05, 0) is 35.9 Å². The Labute approximate surface area is 124 Å². The fourth-order valence-corrected chi connectivity index (χ4v) is 1.51. The molecule has 1 aromatic carbocycles. The SMILES string of the molecule is O=C(/C=C/c1ccc([N+](=O)[O-])cc1)NNC(=O)c1ccco1. The van der Waals surface area contributed by atoms with Crippen LogP contribution < -0.4 is 10.9 Å². The van der Waals surface area contributed by atoms with Crippen LogP contribution in [0.3, 0.4) is 0 Å². The Hall–Kier alpha value is -3.42. The average molecular weight is 301 g/mol. The lowest BCUT2D eigenvalue weighted by molar-refractivity contribution is -0.384. The summed E-state index contributed by atoms with van der Waals surface area (Å²) in [7, 11) is 0. The molecular formula is C14H11N3O5. The number of nitrogens with one attached hydrogen (secondary N) is 2. The molecule has 0 saturated heterocycles. The number of nitrogens with zero attached hydrogens (tertiary/aromatic N) is 1. The van der Waals surface area contributed by atoms with Crippen molar-refractivity contribution in [3.8, 4) is 0 Å². The molecule has 0 spiro atoms. The van der Waals surface area contributed by atoms with Gasteiger partial charge in [-0.1, -0.05) is 0 Å². The van der Waals surface area contributed by atoms with Gasteiger partial charge < -0.3 is 4.42 Å². The number of hydrazine groups is 1. The number of carbonyl (C=O) groups is 2. The van der Waals surface area contributed by atoms with Crippen molar-refractivity contribution in [3.05, 3.63) is 70.2 Å². The highest BCUT2D eigenvalue weighted by Gasteiger charge is 2.08. The Balaban J connectivity index is 1.86. The molecule has 2 aromatic rings. The molecule has 0 aliphatic carbocycles. The summed E-state index contributed by atoms with van der Waals surface area (Å²) in [6.07, 6.45) is 3.98. The first-order chi connectivity index (χ1) is 10.6.